The number of rotatable bonds is 6. The zero-order valence-electron chi connectivity index (χ0n) is 15.1. The molecule has 3 rings (SSSR count). The van der Waals surface area contributed by atoms with Crippen molar-refractivity contribution in [2.75, 3.05) is 13.7 Å². The fraction of sp³-hybridized carbons (Fsp3) is 0.0909. The molecule has 0 aliphatic carbocycles. The molecule has 3 aromatic carbocycles. The fourth-order valence-corrected chi connectivity index (χ4v) is 3.02. The lowest BCUT2D eigenvalue weighted by Gasteiger charge is -2.10. The molecule has 0 aliphatic heterocycles. The number of methoxy groups -OCH3 is 1. The number of benzene rings is 3. The number of esters is 2. The van der Waals surface area contributed by atoms with Gasteiger partial charge in [0.05, 0.1) is 17.1 Å². The third kappa shape index (κ3) is 4.98. The molecule has 0 bridgehead atoms. The van der Waals surface area contributed by atoms with Crippen LogP contribution in [0.25, 0.3) is 11.1 Å². The Labute approximate surface area is 171 Å². The predicted molar refractivity (Wildman–Crippen MR) is 108 cm³/mol. The summed E-state index contributed by atoms with van der Waals surface area (Å²) in [5.41, 5.74) is 2.41. The van der Waals surface area contributed by atoms with Crippen molar-refractivity contribution in [2.45, 2.75) is 0 Å². The minimum atomic E-state index is -0.582. The SMILES string of the molecule is COC(=O)c1cccc(OC(=O)COc2ccc(-c3ccccc3)cc2Br)c1. The Hall–Kier alpha value is -3.12. The number of hydrogen-bond acceptors (Lipinski definition) is 5. The maximum absolute atomic E-state index is 12.1. The highest BCUT2D eigenvalue weighted by Crippen LogP contribution is 2.30. The summed E-state index contributed by atoms with van der Waals surface area (Å²) >= 11 is 3.47. The summed E-state index contributed by atoms with van der Waals surface area (Å²) in [5, 5.41) is 0. The molecule has 0 heterocycles. The van der Waals surface area contributed by atoms with Crippen LogP contribution in [0.3, 0.4) is 0 Å². The summed E-state index contributed by atoms with van der Waals surface area (Å²) < 4.78 is 16.1. The maximum Gasteiger partial charge on any atom is 0.349 e. The molecule has 0 aromatic heterocycles. The van der Waals surface area contributed by atoms with Gasteiger partial charge in [-0.05, 0) is 57.4 Å². The zero-order valence-corrected chi connectivity index (χ0v) is 16.6. The lowest BCUT2D eigenvalue weighted by Crippen LogP contribution is -2.18. The van der Waals surface area contributed by atoms with Crippen LogP contribution in [0.4, 0.5) is 0 Å². The van der Waals surface area contributed by atoms with Gasteiger partial charge in [-0.1, -0.05) is 42.5 Å². The van der Waals surface area contributed by atoms with E-state index in [1.54, 1.807) is 24.3 Å². The summed E-state index contributed by atoms with van der Waals surface area (Å²) in [6.45, 7) is -0.272. The van der Waals surface area contributed by atoms with E-state index in [-0.39, 0.29) is 12.4 Å². The molecule has 142 valence electrons. The lowest BCUT2D eigenvalue weighted by molar-refractivity contribution is -0.136. The van der Waals surface area contributed by atoms with E-state index in [2.05, 4.69) is 20.7 Å². The molecule has 6 heteroatoms. The molecule has 5 nitrogen and oxygen atoms in total. The Morgan fingerprint density at radius 3 is 2.39 bits per heavy atom. The minimum absolute atomic E-state index is 0.245. The van der Waals surface area contributed by atoms with E-state index >= 15 is 0 Å². The monoisotopic (exact) mass is 440 g/mol. The highest BCUT2D eigenvalue weighted by atomic mass is 79.9. The highest BCUT2D eigenvalue weighted by Gasteiger charge is 2.11. The zero-order chi connectivity index (χ0) is 19.9. The van der Waals surface area contributed by atoms with Crippen molar-refractivity contribution in [3.63, 3.8) is 0 Å². The first kappa shape index (κ1) is 19.6. The number of ether oxygens (including phenoxy) is 3. The Morgan fingerprint density at radius 2 is 1.68 bits per heavy atom. The molecule has 0 fully saturated rings. The summed E-state index contributed by atoms with van der Waals surface area (Å²) in [7, 11) is 1.29. The van der Waals surface area contributed by atoms with E-state index in [0.29, 0.717) is 11.3 Å². The predicted octanol–water partition coefficient (Wildman–Crippen LogP) is 4.89. The Morgan fingerprint density at radius 1 is 0.893 bits per heavy atom. The average molecular weight is 441 g/mol. The van der Waals surface area contributed by atoms with E-state index in [4.69, 9.17) is 9.47 Å². The molecule has 0 saturated heterocycles. The normalized spacial score (nSPS) is 10.2. The maximum atomic E-state index is 12.1. The van der Waals surface area contributed by atoms with Crippen molar-refractivity contribution in [2.24, 2.45) is 0 Å². The van der Waals surface area contributed by atoms with Crippen molar-refractivity contribution < 1.29 is 23.8 Å². The van der Waals surface area contributed by atoms with E-state index in [0.717, 1.165) is 15.6 Å². The fourth-order valence-electron chi connectivity index (χ4n) is 2.53. The van der Waals surface area contributed by atoms with Gasteiger partial charge in [0, 0.05) is 0 Å². The van der Waals surface area contributed by atoms with Crippen LogP contribution in [0.15, 0.2) is 77.3 Å². The highest BCUT2D eigenvalue weighted by molar-refractivity contribution is 9.10. The number of halogens is 1. The molecule has 0 spiro atoms. The molecule has 0 unspecified atom stereocenters. The second-order valence-electron chi connectivity index (χ2n) is 5.79. The van der Waals surface area contributed by atoms with E-state index in [1.807, 2.05) is 42.5 Å². The van der Waals surface area contributed by atoms with Gasteiger partial charge < -0.3 is 14.2 Å². The third-order valence-corrected chi connectivity index (χ3v) is 4.49. The summed E-state index contributed by atoms with van der Waals surface area (Å²) in [6.07, 6.45) is 0. The van der Waals surface area contributed by atoms with Crippen LogP contribution in [0, 0.1) is 0 Å². The van der Waals surface area contributed by atoms with E-state index in [1.165, 1.54) is 13.2 Å². The van der Waals surface area contributed by atoms with E-state index in [9.17, 15) is 9.59 Å². The molecule has 0 amide bonds. The van der Waals surface area contributed by atoms with Crippen molar-refractivity contribution >= 4 is 27.9 Å². The first-order chi connectivity index (χ1) is 13.6. The summed E-state index contributed by atoms with van der Waals surface area (Å²) in [6, 6.07) is 21.8. The van der Waals surface area contributed by atoms with Gasteiger partial charge in [-0.2, -0.15) is 0 Å². The summed E-state index contributed by atoms with van der Waals surface area (Å²) in [4.78, 5) is 23.6. The smallest absolute Gasteiger partial charge is 0.349 e. The van der Waals surface area contributed by atoms with Gasteiger partial charge >= 0.3 is 11.9 Å². The van der Waals surface area contributed by atoms with Gasteiger partial charge in [0.15, 0.2) is 6.61 Å². The first-order valence-corrected chi connectivity index (χ1v) is 9.23. The van der Waals surface area contributed by atoms with Crippen molar-refractivity contribution in [1.82, 2.24) is 0 Å². The molecular formula is C22H17BrO5. The number of carbonyl (C=O) groups is 2. The van der Waals surface area contributed by atoms with Crippen LogP contribution >= 0.6 is 15.9 Å². The second kappa shape index (κ2) is 9.19. The van der Waals surface area contributed by atoms with Crippen LogP contribution in [-0.2, 0) is 9.53 Å². The van der Waals surface area contributed by atoms with Gasteiger partial charge in [-0.15, -0.1) is 0 Å². The molecule has 0 aliphatic rings. The number of carbonyl (C=O) groups excluding carboxylic acids is 2. The van der Waals surface area contributed by atoms with Crippen LogP contribution in [0.5, 0.6) is 11.5 Å². The standard InChI is InChI=1S/C22H17BrO5/c1-26-22(25)17-8-5-9-18(12-17)28-21(24)14-27-20-11-10-16(13-19(20)23)15-6-3-2-4-7-15/h2-13H,14H2,1H3. The molecule has 0 radical (unpaired) electrons. The van der Waals surface area contributed by atoms with Crippen LogP contribution < -0.4 is 9.47 Å². The Bertz CT molecular complexity index is 985. The van der Waals surface area contributed by atoms with Crippen LogP contribution in [0.1, 0.15) is 10.4 Å². The van der Waals surface area contributed by atoms with Crippen molar-refractivity contribution in [1.29, 1.82) is 0 Å². The molecule has 28 heavy (non-hydrogen) atoms. The Balaban J connectivity index is 1.61. The molecular weight excluding hydrogens is 424 g/mol. The third-order valence-electron chi connectivity index (χ3n) is 3.87. The average Bonchev–Trinajstić information content (AvgIpc) is 2.73. The van der Waals surface area contributed by atoms with Gasteiger partial charge in [0.2, 0.25) is 0 Å². The van der Waals surface area contributed by atoms with E-state index < -0.39 is 11.9 Å². The van der Waals surface area contributed by atoms with Crippen molar-refractivity contribution in [3.05, 3.63) is 82.8 Å². The topological polar surface area (TPSA) is 61.8 Å². The quantitative estimate of drug-likeness (QED) is 0.403. The van der Waals surface area contributed by atoms with Gasteiger partial charge in [0.1, 0.15) is 11.5 Å². The molecule has 0 N–H and O–H groups in total. The number of hydrogen-bond donors (Lipinski definition) is 0. The van der Waals surface area contributed by atoms with Gasteiger partial charge in [-0.25, -0.2) is 9.59 Å². The molecule has 0 atom stereocenters. The largest absolute Gasteiger partial charge is 0.481 e. The van der Waals surface area contributed by atoms with Gasteiger partial charge in [-0.3, -0.25) is 0 Å². The van der Waals surface area contributed by atoms with Crippen LogP contribution in [-0.4, -0.2) is 25.7 Å². The molecule has 0 saturated carbocycles. The second-order valence-corrected chi connectivity index (χ2v) is 6.65. The lowest BCUT2D eigenvalue weighted by atomic mass is 10.1. The Kier molecular flexibility index (Phi) is 6.45. The first-order valence-electron chi connectivity index (χ1n) is 8.43. The van der Waals surface area contributed by atoms with Gasteiger partial charge in [0.25, 0.3) is 0 Å². The van der Waals surface area contributed by atoms with Crippen molar-refractivity contribution in [3.8, 4) is 22.6 Å². The molecule has 3 aromatic rings. The minimum Gasteiger partial charge on any atom is -0.481 e. The summed E-state index contributed by atoms with van der Waals surface area (Å²) in [5.74, 6) is -0.312. The van der Waals surface area contributed by atoms with Crippen LogP contribution in [0.2, 0.25) is 0 Å².